The molecular weight excluding hydrogens is 226 g/mol. The van der Waals surface area contributed by atoms with Crippen molar-refractivity contribution in [1.82, 2.24) is 9.88 Å². The molecule has 0 bridgehead atoms. The summed E-state index contributed by atoms with van der Waals surface area (Å²) in [6.07, 6.45) is 0.872. The Morgan fingerprint density at radius 3 is 2.67 bits per heavy atom. The Morgan fingerprint density at radius 2 is 2.17 bits per heavy atom. The molecule has 1 unspecified atom stereocenters. The van der Waals surface area contributed by atoms with Crippen LogP contribution in [0.15, 0.2) is 6.07 Å². The quantitative estimate of drug-likeness (QED) is 0.797. The van der Waals surface area contributed by atoms with E-state index in [4.69, 9.17) is 5.73 Å². The third-order valence-electron chi connectivity index (χ3n) is 3.96. The van der Waals surface area contributed by atoms with Gasteiger partial charge in [0.1, 0.15) is 5.69 Å². The second-order valence-electron chi connectivity index (χ2n) is 6.12. The molecule has 3 N–H and O–H groups in total. The highest BCUT2D eigenvalue weighted by atomic mass is 16.2. The van der Waals surface area contributed by atoms with E-state index < -0.39 is 0 Å². The third-order valence-corrected chi connectivity index (χ3v) is 3.96. The number of aryl methyl sites for hydroxylation is 2. The lowest BCUT2D eigenvalue weighted by Crippen LogP contribution is -2.54. The van der Waals surface area contributed by atoms with Crippen molar-refractivity contribution in [2.75, 3.05) is 13.1 Å². The van der Waals surface area contributed by atoms with Crippen LogP contribution in [0.2, 0.25) is 0 Å². The summed E-state index contributed by atoms with van der Waals surface area (Å²) in [6, 6.07) is 2.18. The van der Waals surface area contributed by atoms with Crippen molar-refractivity contribution in [3.63, 3.8) is 0 Å². The van der Waals surface area contributed by atoms with E-state index in [0.717, 1.165) is 36.5 Å². The summed E-state index contributed by atoms with van der Waals surface area (Å²) in [5, 5.41) is 0. The summed E-state index contributed by atoms with van der Waals surface area (Å²) >= 11 is 0. The smallest absolute Gasteiger partial charge is 0.270 e. The van der Waals surface area contributed by atoms with E-state index in [1.165, 1.54) is 0 Å². The van der Waals surface area contributed by atoms with Gasteiger partial charge in [-0.1, -0.05) is 13.8 Å². The lowest BCUT2D eigenvalue weighted by Gasteiger charge is -2.42. The van der Waals surface area contributed by atoms with Gasteiger partial charge in [-0.05, 0) is 37.3 Å². The molecule has 0 saturated carbocycles. The SMILES string of the molecule is Cc1cc(C)c(C(=O)N2CCC(N)C(C)(C)C2)[nH]1. The molecule has 0 aliphatic carbocycles. The molecule has 2 rings (SSSR count). The Labute approximate surface area is 109 Å². The molecule has 0 spiro atoms. The molecule has 1 aliphatic rings. The Hall–Kier alpha value is -1.29. The molecule has 18 heavy (non-hydrogen) atoms. The van der Waals surface area contributed by atoms with Crippen LogP contribution in [-0.4, -0.2) is 34.9 Å². The van der Waals surface area contributed by atoms with Gasteiger partial charge >= 0.3 is 0 Å². The van der Waals surface area contributed by atoms with E-state index in [9.17, 15) is 4.79 Å². The Morgan fingerprint density at radius 1 is 1.50 bits per heavy atom. The molecule has 4 heteroatoms. The maximum Gasteiger partial charge on any atom is 0.270 e. The molecule has 4 nitrogen and oxygen atoms in total. The highest BCUT2D eigenvalue weighted by Gasteiger charge is 2.36. The van der Waals surface area contributed by atoms with Gasteiger partial charge in [-0.25, -0.2) is 0 Å². The van der Waals surface area contributed by atoms with Gasteiger partial charge in [0.2, 0.25) is 0 Å². The fourth-order valence-electron chi connectivity index (χ4n) is 2.66. The largest absolute Gasteiger partial charge is 0.354 e. The number of nitrogens with two attached hydrogens (primary N) is 1. The van der Waals surface area contributed by atoms with Gasteiger partial charge < -0.3 is 15.6 Å². The van der Waals surface area contributed by atoms with E-state index >= 15 is 0 Å². The van der Waals surface area contributed by atoms with Gasteiger partial charge in [0.15, 0.2) is 0 Å². The van der Waals surface area contributed by atoms with Crippen molar-refractivity contribution in [2.24, 2.45) is 11.1 Å². The number of nitrogens with zero attached hydrogens (tertiary/aromatic N) is 1. The molecule has 0 radical (unpaired) electrons. The third kappa shape index (κ3) is 2.29. The van der Waals surface area contributed by atoms with Crippen LogP contribution in [0.5, 0.6) is 0 Å². The van der Waals surface area contributed by atoms with Crippen molar-refractivity contribution in [1.29, 1.82) is 0 Å². The first-order valence-corrected chi connectivity index (χ1v) is 6.52. The first-order valence-electron chi connectivity index (χ1n) is 6.52. The van der Waals surface area contributed by atoms with Gasteiger partial charge in [0.05, 0.1) is 0 Å². The van der Waals surface area contributed by atoms with Crippen LogP contribution in [0.4, 0.5) is 0 Å². The minimum atomic E-state index is -0.0105. The molecule has 1 atom stereocenters. The average Bonchev–Trinajstić information content (AvgIpc) is 2.60. The zero-order valence-corrected chi connectivity index (χ0v) is 11.7. The zero-order valence-electron chi connectivity index (χ0n) is 11.7. The van der Waals surface area contributed by atoms with Gasteiger partial charge in [-0.2, -0.15) is 0 Å². The van der Waals surface area contributed by atoms with Crippen molar-refractivity contribution in [2.45, 2.75) is 40.2 Å². The molecule has 1 amide bonds. The number of aromatic nitrogens is 1. The van der Waals surface area contributed by atoms with E-state index in [2.05, 4.69) is 18.8 Å². The van der Waals surface area contributed by atoms with Crippen LogP contribution in [0.1, 0.15) is 42.0 Å². The second kappa shape index (κ2) is 4.43. The lowest BCUT2D eigenvalue weighted by molar-refractivity contribution is 0.0527. The van der Waals surface area contributed by atoms with Crippen LogP contribution in [0, 0.1) is 19.3 Å². The molecule has 1 aliphatic heterocycles. The summed E-state index contributed by atoms with van der Waals surface area (Å²) in [4.78, 5) is 17.6. The number of likely N-dealkylation sites (tertiary alicyclic amines) is 1. The number of hydrogen-bond acceptors (Lipinski definition) is 2. The molecule has 1 aromatic heterocycles. The van der Waals surface area contributed by atoms with Crippen LogP contribution in [0.3, 0.4) is 0 Å². The summed E-state index contributed by atoms with van der Waals surface area (Å²) in [5.41, 5.74) is 8.86. The maximum absolute atomic E-state index is 12.5. The highest BCUT2D eigenvalue weighted by Crippen LogP contribution is 2.28. The first-order chi connectivity index (χ1) is 8.31. The van der Waals surface area contributed by atoms with Crippen LogP contribution in [0.25, 0.3) is 0 Å². The summed E-state index contributed by atoms with van der Waals surface area (Å²) in [5.74, 6) is 0.0978. The molecule has 0 aromatic carbocycles. The van der Waals surface area contributed by atoms with E-state index in [1.807, 2.05) is 24.8 Å². The predicted octanol–water partition coefficient (Wildman–Crippen LogP) is 1.83. The van der Waals surface area contributed by atoms with Gasteiger partial charge in [-0.15, -0.1) is 0 Å². The minimum Gasteiger partial charge on any atom is -0.354 e. The standard InChI is InChI=1S/C14H23N3O/c1-9-7-10(2)16-12(9)13(18)17-6-5-11(15)14(3,4)8-17/h7,11,16H,5-6,8,15H2,1-4H3. The van der Waals surface area contributed by atoms with Gasteiger partial charge in [0.25, 0.3) is 5.91 Å². The fourth-order valence-corrected chi connectivity index (χ4v) is 2.66. The van der Waals surface area contributed by atoms with E-state index in [0.29, 0.717) is 0 Å². The molecule has 1 aromatic rings. The zero-order chi connectivity index (χ0) is 13.5. The summed E-state index contributed by atoms with van der Waals surface area (Å²) < 4.78 is 0. The van der Waals surface area contributed by atoms with Gasteiger partial charge in [0, 0.05) is 24.8 Å². The van der Waals surface area contributed by atoms with Gasteiger partial charge in [-0.3, -0.25) is 4.79 Å². The minimum absolute atomic E-state index is 0.0105. The highest BCUT2D eigenvalue weighted by molar-refractivity contribution is 5.94. The number of carbonyl (C=O) groups is 1. The number of H-pyrrole nitrogens is 1. The molecule has 1 saturated heterocycles. The number of piperidine rings is 1. The number of nitrogens with one attached hydrogen (secondary N) is 1. The summed E-state index contributed by atoms with van der Waals surface area (Å²) in [7, 11) is 0. The Kier molecular flexibility index (Phi) is 3.23. The summed E-state index contributed by atoms with van der Waals surface area (Å²) in [6.45, 7) is 9.68. The molecule has 2 heterocycles. The van der Waals surface area contributed by atoms with Crippen molar-refractivity contribution < 1.29 is 4.79 Å². The van der Waals surface area contributed by atoms with E-state index in [-0.39, 0.29) is 17.4 Å². The van der Waals surface area contributed by atoms with Crippen LogP contribution >= 0.6 is 0 Å². The monoisotopic (exact) mass is 249 g/mol. The fraction of sp³-hybridized carbons (Fsp3) is 0.643. The maximum atomic E-state index is 12.5. The Balaban J connectivity index is 2.18. The topological polar surface area (TPSA) is 62.1 Å². The predicted molar refractivity (Wildman–Crippen MR) is 72.5 cm³/mol. The number of amides is 1. The molecule has 100 valence electrons. The molecular formula is C14H23N3O. The van der Waals surface area contributed by atoms with Crippen LogP contribution in [-0.2, 0) is 0 Å². The van der Waals surface area contributed by atoms with E-state index in [1.54, 1.807) is 0 Å². The number of rotatable bonds is 1. The first kappa shape index (κ1) is 13.1. The Bertz CT molecular complexity index is 462. The van der Waals surface area contributed by atoms with Crippen molar-refractivity contribution in [3.05, 3.63) is 23.0 Å². The average molecular weight is 249 g/mol. The lowest BCUT2D eigenvalue weighted by atomic mass is 9.79. The van der Waals surface area contributed by atoms with Crippen LogP contribution < -0.4 is 5.73 Å². The molecule has 1 fully saturated rings. The second-order valence-corrected chi connectivity index (χ2v) is 6.12. The number of carbonyl (C=O) groups excluding carboxylic acids is 1. The normalized spacial score (nSPS) is 23.2. The number of aromatic amines is 1. The number of hydrogen-bond donors (Lipinski definition) is 2. The van der Waals surface area contributed by atoms with Crippen molar-refractivity contribution in [3.8, 4) is 0 Å². The van der Waals surface area contributed by atoms with Crippen molar-refractivity contribution >= 4 is 5.91 Å².